The Bertz CT molecular complexity index is 387. The van der Waals surface area contributed by atoms with E-state index in [2.05, 4.69) is 12.2 Å². The molecule has 3 unspecified atom stereocenters. The molecular weight excluding hydrogens is 249 g/mol. The lowest BCUT2D eigenvalue weighted by molar-refractivity contribution is 0.364. The first-order valence-electron chi connectivity index (χ1n) is 6.72. The summed E-state index contributed by atoms with van der Waals surface area (Å²) in [4.78, 5) is 0. The molecule has 1 nitrogen and oxygen atoms in total. The molecule has 0 spiro atoms. The molecule has 1 aliphatic rings. The van der Waals surface area contributed by atoms with Crippen molar-refractivity contribution >= 4 is 11.6 Å². The summed E-state index contributed by atoms with van der Waals surface area (Å²) in [6, 6.07) is 5.24. The van der Waals surface area contributed by atoms with E-state index in [-0.39, 0.29) is 5.82 Å². The zero-order valence-electron chi connectivity index (χ0n) is 11.0. The number of nitrogens with one attached hydrogen (secondary N) is 1. The quantitative estimate of drug-likeness (QED) is 0.870. The Labute approximate surface area is 114 Å². The van der Waals surface area contributed by atoms with E-state index in [1.807, 2.05) is 7.05 Å². The lowest BCUT2D eigenvalue weighted by atomic mass is 9.91. The maximum atomic E-state index is 13.8. The van der Waals surface area contributed by atoms with Crippen LogP contribution in [0.3, 0.4) is 0 Å². The van der Waals surface area contributed by atoms with Gasteiger partial charge in [-0.25, -0.2) is 4.39 Å². The highest BCUT2D eigenvalue weighted by Crippen LogP contribution is 2.34. The molecule has 0 aromatic heterocycles. The maximum Gasteiger partial charge on any atom is 0.127 e. The van der Waals surface area contributed by atoms with Crippen molar-refractivity contribution in [2.75, 3.05) is 7.05 Å². The van der Waals surface area contributed by atoms with Crippen molar-refractivity contribution in [1.82, 2.24) is 5.32 Å². The molecule has 1 aromatic carbocycles. The van der Waals surface area contributed by atoms with Gasteiger partial charge in [0.25, 0.3) is 0 Å². The molecule has 2 rings (SSSR count). The van der Waals surface area contributed by atoms with Crippen molar-refractivity contribution in [3.63, 3.8) is 0 Å². The van der Waals surface area contributed by atoms with Crippen molar-refractivity contribution in [3.05, 3.63) is 34.6 Å². The smallest absolute Gasteiger partial charge is 0.127 e. The SMILES string of the molecule is CNC(Cc1c(F)cccc1Cl)C1CCC(C)C1. The van der Waals surface area contributed by atoms with Gasteiger partial charge in [0.05, 0.1) is 0 Å². The summed E-state index contributed by atoms with van der Waals surface area (Å²) in [5, 5.41) is 3.89. The van der Waals surface area contributed by atoms with Crippen molar-refractivity contribution in [2.45, 2.75) is 38.6 Å². The molecule has 3 atom stereocenters. The number of rotatable bonds is 4. The van der Waals surface area contributed by atoms with Crippen LogP contribution in [0.25, 0.3) is 0 Å². The van der Waals surface area contributed by atoms with Crippen LogP contribution in [0.5, 0.6) is 0 Å². The Hall–Kier alpha value is -0.600. The highest BCUT2D eigenvalue weighted by atomic mass is 35.5. The molecule has 1 fully saturated rings. The van der Waals surface area contributed by atoms with Gasteiger partial charge in [-0.2, -0.15) is 0 Å². The van der Waals surface area contributed by atoms with Gasteiger partial charge in [-0.3, -0.25) is 0 Å². The third kappa shape index (κ3) is 3.04. The fraction of sp³-hybridized carbons (Fsp3) is 0.600. The molecule has 1 saturated carbocycles. The fourth-order valence-corrected chi connectivity index (χ4v) is 3.31. The monoisotopic (exact) mass is 269 g/mol. The highest BCUT2D eigenvalue weighted by molar-refractivity contribution is 6.31. The fourth-order valence-electron chi connectivity index (χ4n) is 3.07. The van der Waals surface area contributed by atoms with Crippen LogP contribution in [0.15, 0.2) is 18.2 Å². The standard InChI is InChI=1S/C15H21ClFN/c1-10-6-7-11(8-10)15(18-2)9-12-13(16)4-3-5-14(12)17/h3-5,10-11,15,18H,6-9H2,1-2H3. The van der Waals surface area contributed by atoms with Crippen LogP contribution in [0, 0.1) is 17.7 Å². The van der Waals surface area contributed by atoms with Crippen molar-refractivity contribution < 1.29 is 4.39 Å². The molecule has 1 aliphatic carbocycles. The molecule has 0 heterocycles. The van der Waals surface area contributed by atoms with Crippen molar-refractivity contribution in [2.24, 2.45) is 11.8 Å². The number of hydrogen-bond acceptors (Lipinski definition) is 1. The number of hydrogen-bond donors (Lipinski definition) is 1. The van der Waals surface area contributed by atoms with Gasteiger partial charge in [-0.15, -0.1) is 0 Å². The molecule has 0 amide bonds. The summed E-state index contributed by atoms with van der Waals surface area (Å²) in [5.41, 5.74) is 0.651. The number of benzene rings is 1. The van der Waals surface area contributed by atoms with Crippen LogP contribution < -0.4 is 5.32 Å². The van der Waals surface area contributed by atoms with E-state index in [4.69, 9.17) is 11.6 Å². The highest BCUT2D eigenvalue weighted by Gasteiger charge is 2.28. The zero-order chi connectivity index (χ0) is 13.1. The molecule has 3 heteroatoms. The lowest BCUT2D eigenvalue weighted by Gasteiger charge is -2.24. The topological polar surface area (TPSA) is 12.0 Å². The molecular formula is C15H21ClFN. The van der Waals surface area contributed by atoms with Crippen LogP contribution in [0.1, 0.15) is 31.7 Å². The summed E-state index contributed by atoms with van der Waals surface area (Å²) >= 11 is 6.10. The summed E-state index contributed by atoms with van der Waals surface area (Å²) < 4.78 is 13.8. The summed E-state index contributed by atoms with van der Waals surface area (Å²) in [6.45, 7) is 2.29. The molecule has 0 radical (unpaired) electrons. The van der Waals surface area contributed by atoms with Crippen LogP contribution in [-0.2, 0) is 6.42 Å². The summed E-state index contributed by atoms with van der Waals surface area (Å²) in [7, 11) is 1.96. The average molecular weight is 270 g/mol. The van der Waals surface area contributed by atoms with Gasteiger partial charge in [-0.05, 0) is 50.3 Å². The Balaban J connectivity index is 2.10. The van der Waals surface area contributed by atoms with Crippen molar-refractivity contribution in [1.29, 1.82) is 0 Å². The first-order chi connectivity index (χ1) is 8.61. The van der Waals surface area contributed by atoms with E-state index in [1.165, 1.54) is 25.3 Å². The largest absolute Gasteiger partial charge is 0.316 e. The summed E-state index contributed by atoms with van der Waals surface area (Å²) in [6.07, 6.45) is 4.43. The van der Waals surface area contributed by atoms with Gasteiger partial charge < -0.3 is 5.32 Å². The molecule has 100 valence electrons. The molecule has 1 N–H and O–H groups in total. The Morgan fingerprint density at radius 3 is 2.78 bits per heavy atom. The van der Waals surface area contributed by atoms with Crippen molar-refractivity contribution in [3.8, 4) is 0 Å². The minimum atomic E-state index is -0.186. The number of halogens is 2. The second-order valence-electron chi connectivity index (χ2n) is 5.48. The van der Waals surface area contributed by atoms with E-state index < -0.39 is 0 Å². The molecule has 0 bridgehead atoms. The first kappa shape index (κ1) is 13.8. The van der Waals surface area contributed by atoms with Crippen LogP contribution in [0.2, 0.25) is 5.02 Å². The molecule has 1 aromatic rings. The maximum absolute atomic E-state index is 13.8. The van der Waals surface area contributed by atoms with Gasteiger partial charge in [-0.1, -0.05) is 31.0 Å². The van der Waals surface area contributed by atoms with Gasteiger partial charge in [0.15, 0.2) is 0 Å². The van der Waals surface area contributed by atoms with E-state index in [1.54, 1.807) is 12.1 Å². The van der Waals surface area contributed by atoms with E-state index in [9.17, 15) is 4.39 Å². The second kappa shape index (κ2) is 6.03. The molecule has 0 saturated heterocycles. The molecule has 0 aliphatic heterocycles. The molecule has 18 heavy (non-hydrogen) atoms. The normalized spacial score (nSPS) is 25.3. The predicted molar refractivity (Wildman–Crippen MR) is 74.5 cm³/mol. The van der Waals surface area contributed by atoms with E-state index in [0.29, 0.717) is 29.0 Å². The third-order valence-electron chi connectivity index (χ3n) is 4.16. The minimum absolute atomic E-state index is 0.186. The Kier molecular flexibility index (Phi) is 4.63. The van der Waals surface area contributed by atoms with E-state index >= 15 is 0 Å². The first-order valence-corrected chi connectivity index (χ1v) is 7.09. The average Bonchev–Trinajstić information content (AvgIpc) is 2.76. The Morgan fingerprint density at radius 1 is 1.44 bits per heavy atom. The van der Waals surface area contributed by atoms with E-state index in [0.717, 1.165) is 5.92 Å². The van der Waals surface area contributed by atoms with Gasteiger partial charge in [0, 0.05) is 16.6 Å². The predicted octanol–water partition coefficient (Wildman–Crippen LogP) is 4.05. The number of likely N-dealkylation sites (N-methyl/N-ethyl adjacent to an activating group) is 1. The Morgan fingerprint density at radius 2 is 2.22 bits per heavy atom. The second-order valence-corrected chi connectivity index (χ2v) is 5.89. The van der Waals surface area contributed by atoms with Gasteiger partial charge in [0.1, 0.15) is 5.82 Å². The third-order valence-corrected chi connectivity index (χ3v) is 4.52. The van der Waals surface area contributed by atoms with Gasteiger partial charge >= 0.3 is 0 Å². The van der Waals surface area contributed by atoms with Crippen LogP contribution in [0.4, 0.5) is 4.39 Å². The zero-order valence-corrected chi connectivity index (χ0v) is 11.8. The van der Waals surface area contributed by atoms with Crippen LogP contribution >= 0.6 is 11.6 Å². The summed E-state index contributed by atoms with van der Waals surface area (Å²) in [5.74, 6) is 1.25. The van der Waals surface area contributed by atoms with Gasteiger partial charge in [0.2, 0.25) is 0 Å². The minimum Gasteiger partial charge on any atom is -0.316 e. The lowest BCUT2D eigenvalue weighted by Crippen LogP contribution is -2.34. The van der Waals surface area contributed by atoms with Crippen LogP contribution in [-0.4, -0.2) is 13.1 Å².